The van der Waals surface area contributed by atoms with Crippen molar-refractivity contribution < 1.29 is 4.84 Å². The van der Waals surface area contributed by atoms with Crippen molar-refractivity contribution >= 4 is 5.69 Å². The Kier molecular flexibility index (Phi) is 4.57. The third-order valence-corrected chi connectivity index (χ3v) is 3.76. The normalized spacial score (nSPS) is 11.1. The van der Waals surface area contributed by atoms with E-state index in [2.05, 4.69) is 69.3 Å². The van der Waals surface area contributed by atoms with Crippen molar-refractivity contribution in [2.75, 3.05) is 5.06 Å². The van der Waals surface area contributed by atoms with Gasteiger partial charge in [-0.15, -0.1) is 0 Å². The maximum atomic E-state index is 6.14. The maximum absolute atomic E-state index is 6.14. The molecule has 0 N–H and O–H groups in total. The molecule has 0 fully saturated rings. The zero-order chi connectivity index (χ0) is 17.0. The van der Waals surface area contributed by atoms with E-state index < -0.39 is 0 Å². The van der Waals surface area contributed by atoms with Crippen LogP contribution < -0.4 is 9.90 Å². The molecule has 0 unspecified atom stereocenters. The van der Waals surface area contributed by atoms with Gasteiger partial charge in [-0.3, -0.25) is 0 Å². The molecular formula is C22H23NO. The lowest BCUT2D eigenvalue weighted by Gasteiger charge is -2.36. The first kappa shape index (κ1) is 16.1. The average Bonchev–Trinajstić information content (AvgIpc) is 2.61. The molecular weight excluding hydrogens is 294 g/mol. The SMILES string of the molecule is CC(C)(C)N(Oc1ccccc1)c1ccc(-c2ccccc2)cc1. The number of hydrogen-bond donors (Lipinski definition) is 0. The van der Waals surface area contributed by atoms with Gasteiger partial charge in [-0.25, -0.2) is 5.06 Å². The first-order valence-corrected chi connectivity index (χ1v) is 8.23. The van der Waals surface area contributed by atoms with Gasteiger partial charge < -0.3 is 4.84 Å². The minimum atomic E-state index is -0.163. The van der Waals surface area contributed by atoms with Gasteiger partial charge in [-0.05, 0) is 56.2 Å². The summed E-state index contributed by atoms with van der Waals surface area (Å²) in [6, 6.07) is 28.8. The summed E-state index contributed by atoms with van der Waals surface area (Å²) in [6.45, 7) is 6.42. The lowest BCUT2D eigenvalue weighted by Crippen LogP contribution is -2.44. The quantitative estimate of drug-likeness (QED) is 0.551. The lowest BCUT2D eigenvalue weighted by molar-refractivity contribution is 0.204. The van der Waals surface area contributed by atoms with E-state index in [9.17, 15) is 0 Å². The predicted octanol–water partition coefficient (Wildman–Crippen LogP) is 5.95. The third-order valence-electron chi connectivity index (χ3n) is 3.76. The number of hydrogen-bond acceptors (Lipinski definition) is 2. The average molecular weight is 317 g/mol. The second-order valence-electron chi connectivity index (χ2n) is 6.78. The van der Waals surface area contributed by atoms with Crippen LogP contribution in [0.2, 0.25) is 0 Å². The molecule has 0 saturated carbocycles. The largest absolute Gasteiger partial charge is 0.379 e. The molecule has 122 valence electrons. The zero-order valence-corrected chi connectivity index (χ0v) is 14.4. The smallest absolute Gasteiger partial charge is 0.155 e. The van der Waals surface area contributed by atoms with E-state index in [1.165, 1.54) is 11.1 Å². The van der Waals surface area contributed by atoms with E-state index in [0.29, 0.717) is 0 Å². The van der Waals surface area contributed by atoms with Crippen LogP contribution >= 0.6 is 0 Å². The molecule has 0 spiro atoms. The predicted molar refractivity (Wildman–Crippen MR) is 101 cm³/mol. The highest BCUT2D eigenvalue weighted by atomic mass is 16.7. The number of hydroxylamine groups is 1. The topological polar surface area (TPSA) is 12.5 Å². The van der Waals surface area contributed by atoms with Gasteiger partial charge >= 0.3 is 0 Å². The Bertz CT molecular complexity index is 759. The van der Waals surface area contributed by atoms with Crippen molar-refractivity contribution in [2.24, 2.45) is 0 Å². The van der Waals surface area contributed by atoms with E-state index in [4.69, 9.17) is 4.84 Å². The standard InChI is InChI=1S/C22H23NO/c1-22(2,3)23(24-21-12-8-5-9-13-21)20-16-14-19(15-17-20)18-10-6-4-7-11-18/h4-17H,1-3H3. The Morgan fingerprint density at radius 2 is 1.12 bits per heavy atom. The molecule has 0 heterocycles. The Morgan fingerprint density at radius 3 is 1.67 bits per heavy atom. The Labute approximate surface area is 144 Å². The summed E-state index contributed by atoms with van der Waals surface area (Å²) in [7, 11) is 0. The van der Waals surface area contributed by atoms with E-state index >= 15 is 0 Å². The van der Waals surface area contributed by atoms with Gasteiger partial charge in [0.25, 0.3) is 0 Å². The van der Waals surface area contributed by atoms with Gasteiger partial charge in [-0.2, -0.15) is 0 Å². The van der Waals surface area contributed by atoms with Crippen molar-refractivity contribution in [2.45, 2.75) is 26.3 Å². The number of rotatable bonds is 4. The number of nitrogens with zero attached hydrogens (tertiary/aromatic N) is 1. The van der Waals surface area contributed by atoms with Gasteiger partial charge in [0.05, 0.1) is 11.2 Å². The van der Waals surface area contributed by atoms with Crippen LogP contribution in [0.4, 0.5) is 5.69 Å². The molecule has 3 aromatic carbocycles. The highest BCUT2D eigenvalue weighted by molar-refractivity contribution is 5.66. The summed E-state index contributed by atoms with van der Waals surface area (Å²) in [5, 5.41) is 1.96. The molecule has 0 radical (unpaired) electrons. The molecule has 24 heavy (non-hydrogen) atoms. The van der Waals surface area contributed by atoms with Gasteiger partial charge in [0.15, 0.2) is 5.75 Å². The Morgan fingerprint density at radius 1 is 0.625 bits per heavy atom. The van der Waals surface area contributed by atoms with Crippen LogP contribution in [-0.2, 0) is 0 Å². The summed E-state index contributed by atoms with van der Waals surface area (Å²) in [5.41, 5.74) is 3.29. The summed E-state index contributed by atoms with van der Waals surface area (Å²) >= 11 is 0. The summed E-state index contributed by atoms with van der Waals surface area (Å²) in [6.07, 6.45) is 0. The highest BCUT2D eigenvalue weighted by Crippen LogP contribution is 2.28. The molecule has 0 aromatic heterocycles. The number of benzene rings is 3. The van der Waals surface area contributed by atoms with Gasteiger partial charge in [0.1, 0.15) is 0 Å². The molecule has 0 saturated heterocycles. The number of para-hydroxylation sites is 1. The van der Waals surface area contributed by atoms with E-state index in [0.717, 1.165) is 11.4 Å². The fraction of sp³-hybridized carbons (Fsp3) is 0.182. The first-order valence-electron chi connectivity index (χ1n) is 8.23. The van der Waals surface area contributed by atoms with Crippen LogP contribution in [-0.4, -0.2) is 5.54 Å². The molecule has 2 nitrogen and oxygen atoms in total. The third kappa shape index (κ3) is 3.77. The lowest BCUT2D eigenvalue weighted by atomic mass is 10.0. The van der Waals surface area contributed by atoms with Crippen LogP contribution in [0.1, 0.15) is 20.8 Å². The zero-order valence-electron chi connectivity index (χ0n) is 14.4. The minimum absolute atomic E-state index is 0.163. The Hall–Kier alpha value is -2.74. The molecule has 0 aliphatic heterocycles. The van der Waals surface area contributed by atoms with E-state index in [1.54, 1.807) is 0 Å². The first-order chi connectivity index (χ1) is 11.5. The van der Waals surface area contributed by atoms with Gasteiger partial charge in [0, 0.05) is 0 Å². The van der Waals surface area contributed by atoms with Gasteiger partial charge in [0.2, 0.25) is 0 Å². The highest BCUT2D eigenvalue weighted by Gasteiger charge is 2.24. The van der Waals surface area contributed by atoms with Crippen molar-refractivity contribution in [1.29, 1.82) is 0 Å². The maximum Gasteiger partial charge on any atom is 0.155 e. The van der Waals surface area contributed by atoms with Crippen molar-refractivity contribution in [3.05, 3.63) is 84.9 Å². The summed E-state index contributed by atoms with van der Waals surface area (Å²) in [5.74, 6) is 0.833. The molecule has 0 aliphatic carbocycles. The molecule has 0 bridgehead atoms. The molecule has 0 atom stereocenters. The molecule has 3 aromatic rings. The van der Waals surface area contributed by atoms with E-state index in [-0.39, 0.29) is 5.54 Å². The monoisotopic (exact) mass is 317 g/mol. The summed E-state index contributed by atoms with van der Waals surface area (Å²) in [4.78, 5) is 6.14. The van der Waals surface area contributed by atoms with Crippen molar-refractivity contribution in [3.63, 3.8) is 0 Å². The van der Waals surface area contributed by atoms with E-state index in [1.807, 2.05) is 41.5 Å². The van der Waals surface area contributed by atoms with Crippen LogP contribution in [0, 0.1) is 0 Å². The van der Waals surface area contributed by atoms with Crippen molar-refractivity contribution in [1.82, 2.24) is 0 Å². The second-order valence-corrected chi connectivity index (χ2v) is 6.78. The molecule has 2 heteroatoms. The van der Waals surface area contributed by atoms with Crippen molar-refractivity contribution in [3.8, 4) is 16.9 Å². The van der Waals surface area contributed by atoms with Crippen LogP contribution in [0.25, 0.3) is 11.1 Å². The number of anilines is 1. The van der Waals surface area contributed by atoms with Crippen LogP contribution in [0.3, 0.4) is 0 Å². The minimum Gasteiger partial charge on any atom is -0.379 e. The Balaban J connectivity index is 1.88. The van der Waals surface area contributed by atoms with Gasteiger partial charge in [-0.1, -0.05) is 60.7 Å². The molecule has 0 amide bonds. The summed E-state index contributed by atoms with van der Waals surface area (Å²) < 4.78 is 0. The fourth-order valence-corrected chi connectivity index (χ4v) is 2.58. The van der Waals surface area contributed by atoms with Crippen LogP contribution in [0.5, 0.6) is 5.75 Å². The fourth-order valence-electron chi connectivity index (χ4n) is 2.58. The molecule has 0 aliphatic rings. The molecule has 3 rings (SSSR count). The second kappa shape index (κ2) is 6.79. The van der Waals surface area contributed by atoms with Crippen LogP contribution in [0.15, 0.2) is 84.9 Å².